The average Bonchev–Trinajstić information content (AvgIpc) is 2.62. The summed E-state index contributed by atoms with van der Waals surface area (Å²) in [7, 11) is 0. The first-order valence-electron chi connectivity index (χ1n) is 5.00. The Bertz CT molecular complexity index is 376. The zero-order valence-electron chi connectivity index (χ0n) is 8.17. The molecule has 3 nitrogen and oxygen atoms in total. The van der Waals surface area contributed by atoms with Crippen molar-refractivity contribution in [3.05, 3.63) is 23.3 Å². The van der Waals surface area contributed by atoms with Gasteiger partial charge in [0.15, 0.2) is 11.5 Å². The normalized spacial score (nSPS) is 23.4. The van der Waals surface area contributed by atoms with E-state index in [-0.39, 0.29) is 0 Å². The Balaban J connectivity index is 2.12. The second kappa shape index (κ2) is 2.89. The molecule has 0 spiro atoms. The van der Waals surface area contributed by atoms with E-state index in [2.05, 4.69) is 24.4 Å². The van der Waals surface area contributed by atoms with Crippen LogP contribution in [0.15, 0.2) is 12.1 Å². The van der Waals surface area contributed by atoms with Crippen molar-refractivity contribution in [2.24, 2.45) is 0 Å². The molecule has 1 atom stereocenters. The minimum absolute atomic E-state index is 0.361. The molecular formula is C11H13NO2. The third kappa shape index (κ3) is 1.09. The van der Waals surface area contributed by atoms with Gasteiger partial charge in [0.05, 0.1) is 0 Å². The zero-order valence-corrected chi connectivity index (χ0v) is 8.17. The number of hydrogen-bond acceptors (Lipinski definition) is 3. The highest BCUT2D eigenvalue weighted by molar-refractivity contribution is 5.50. The van der Waals surface area contributed by atoms with Crippen LogP contribution in [0.4, 0.5) is 0 Å². The molecule has 0 amide bonds. The maximum atomic E-state index is 5.36. The maximum absolute atomic E-state index is 5.36. The van der Waals surface area contributed by atoms with Crippen LogP contribution >= 0.6 is 0 Å². The van der Waals surface area contributed by atoms with E-state index in [1.165, 1.54) is 11.1 Å². The molecule has 3 heteroatoms. The Hall–Kier alpha value is -1.22. The second-order valence-corrected chi connectivity index (χ2v) is 3.83. The molecule has 1 aromatic carbocycles. The van der Waals surface area contributed by atoms with Crippen LogP contribution in [0.1, 0.15) is 24.1 Å². The third-order valence-electron chi connectivity index (χ3n) is 2.95. The second-order valence-electron chi connectivity index (χ2n) is 3.83. The molecule has 0 saturated carbocycles. The van der Waals surface area contributed by atoms with E-state index in [1.807, 2.05) is 0 Å². The fourth-order valence-electron chi connectivity index (χ4n) is 2.15. The van der Waals surface area contributed by atoms with Gasteiger partial charge in [-0.25, -0.2) is 0 Å². The molecule has 1 N–H and O–H groups in total. The summed E-state index contributed by atoms with van der Waals surface area (Å²) in [6.07, 6.45) is 1.08. The smallest absolute Gasteiger partial charge is 0.231 e. The van der Waals surface area contributed by atoms with E-state index >= 15 is 0 Å². The van der Waals surface area contributed by atoms with Gasteiger partial charge in [0.2, 0.25) is 6.79 Å². The van der Waals surface area contributed by atoms with Crippen molar-refractivity contribution >= 4 is 0 Å². The SMILES string of the molecule is C[C@H]1NCCc2cc3c(cc21)OCO3. The van der Waals surface area contributed by atoms with Gasteiger partial charge >= 0.3 is 0 Å². The van der Waals surface area contributed by atoms with Gasteiger partial charge in [0.1, 0.15) is 0 Å². The van der Waals surface area contributed by atoms with Crippen LogP contribution in [0.25, 0.3) is 0 Å². The lowest BCUT2D eigenvalue weighted by molar-refractivity contribution is 0.174. The van der Waals surface area contributed by atoms with E-state index in [1.54, 1.807) is 0 Å². The van der Waals surface area contributed by atoms with Crippen LogP contribution in [-0.2, 0) is 6.42 Å². The summed E-state index contributed by atoms with van der Waals surface area (Å²) in [6, 6.07) is 4.65. The Labute approximate surface area is 83.0 Å². The van der Waals surface area contributed by atoms with Crippen LogP contribution in [0.3, 0.4) is 0 Å². The zero-order chi connectivity index (χ0) is 9.54. The fraction of sp³-hybridized carbons (Fsp3) is 0.455. The first kappa shape index (κ1) is 8.12. The Morgan fingerprint density at radius 1 is 1.29 bits per heavy atom. The minimum Gasteiger partial charge on any atom is -0.454 e. The van der Waals surface area contributed by atoms with Gasteiger partial charge in [0.25, 0.3) is 0 Å². The van der Waals surface area contributed by atoms with Crippen molar-refractivity contribution in [2.45, 2.75) is 19.4 Å². The molecule has 1 aromatic rings. The summed E-state index contributed by atoms with van der Waals surface area (Å²) < 4.78 is 10.7. The largest absolute Gasteiger partial charge is 0.454 e. The van der Waals surface area contributed by atoms with E-state index < -0.39 is 0 Å². The van der Waals surface area contributed by atoms with Crippen molar-refractivity contribution in [3.8, 4) is 11.5 Å². The van der Waals surface area contributed by atoms with Gasteiger partial charge in [-0.15, -0.1) is 0 Å². The maximum Gasteiger partial charge on any atom is 0.231 e. The predicted octanol–water partition coefficient (Wildman–Crippen LogP) is 1.62. The lowest BCUT2D eigenvalue weighted by Crippen LogP contribution is -2.27. The number of fused-ring (bicyclic) bond motifs is 2. The lowest BCUT2D eigenvalue weighted by atomic mass is 9.95. The summed E-state index contributed by atoms with van der Waals surface area (Å²) >= 11 is 0. The fourth-order valence-corrected chi connectivity index (χ4v) is 2.15. The third-order valence-corrected chi connectivity index (χ3v) is 2.95. The average molecular weight is 191 g/mol. The first-order valence-corrected chi connectivity index (χ1v) is 5.00. The summed E-state index contributed by atoms with van der Waals surface area (Å²) in [4.78, 5) is 0. The number of nitrogens with one attached hydrogen (secondary N) is 1. The Kier molecular flexibility index (Phi) is 1.67. The van der Waals surface area contributed by atoms with Crippen LogP contribution in [-0.4, -0.2) is 13.3 Å². The number of rotatable bonds is 0. The molecule has 0 aliphatic carbocycles. The van der Waals surface area contributed by atoms with Gasteiger partial charge in [-0.05, 0) is 43.1 Å². The predicted molar refractivity (Wildman–Crippen MR) is 52.7 cm³/mol. The van der Waals surface area contributed by atoms with Gasteiger partial charge < -0.3 is 14.8 Å². The van der Waals surface area contributed by atoms with Crippen LogP contribution in [0, 0.1) is 0 Å². The number of hydrogen-bond donors (Lipinski definition) is 1. The molecule has 2 heterocycles. The van der Waals surface area contributed by atoms with Crippen molar-refractivity contribution < 1.29 is 9.47 Å². The first-order chi connectivity index (χ1) is 6.84. The van der Waals surface area contributed by atoms with Crippen molar-refractivity contribution in [3.63, 3.8) is 0 Å². The molecule has 0 fully saturated rings. The highest BCUT2D eigenvalue weighted by atomic mass is 16.7. The molecule has 0 radical (unpaired) electrons. The Morgan fingerprint density at radius 3 is 2.93 bits per heavy atom. The molecule has 2 aliphatic rings. The molecule has 14 heavy (non-hydrogen) atoms. The highest BCUT2D eigenvalue weighted by Crippen LogP contribution is 2.37. The van der Waals surface area contributed by atoms with E-state index in [4.69, 9.17) is 9.47 Å². The quantitative estimate of drug-likeness (QED) is 0.676. The lowest BCUT2D eigenvalue weighted by Gasteiger charge is -2.23. The van der Waals surface area contributed by atoms with Crippen LogP contribution in [0.5, 0.6) is 11.5 Å². The molecule has 3 rings (SSSR count). The molecule has 2 aliphatic heterocycles. The van der Waals surface area contributed by atoms with Crippen molar-refractivity contribution in [1.29, 1.82) is 0 Å². The summed E-state index contributed by atoms with van der Waals surface area (Å²) in [5.74, 6) is 1.79. The standard InChI is InChI=1S/C11H13NO2/c1-7-9-5-11-10(13-6-14-11)4-8(9)2-3-12-7/h4-5,7,12H,2-3,6H2,1H3/t7-/m1/s1. The summed E-state index contributed by atoms with van der Waals surface area (Å²) in [5, 5.41) is 3.43. The number of ether oxygens (including phenoxy) is 2. The van der Waals surface area contributed by atoms with E-state index in [9.17, 15) is 0 Å². The van der Waals surface area contributed by atoms with Crippen LogP contribution in [0.2, 0.25) is 0 Å². The molecule has 0 aromatic heterocycles. The highest BCUT2D eigenvalue weighted by Gasteiger charge is 2.22. The molecule has 0 unspecified atom stereocenters. The van der Waals surface area contributed by atoms with E-state index in [0.717, 1.165) is 24.5 Å². The Morgan fingerprint density at radius 2 is 2.07 bits per heavy atom. The summed E-state index contributed by atoms with van der Waals surface area (Å²) in [5.41, 5.74) is 2.74. The van der Waals surface area contributed by atoms with Gasteiger partial charge in [-0.2, -0.15) is 0 Å². The molecular weight excluding hydrogens is 178 g/mol. The minimum atomic E-state index is 0.361. The number of benzene rings is 1. The monoisotopic (exact) mass is 191 g/mol. The van der Waals surface area contributed by atoms with E-state index in [0.29, 0.717) is 12.8 Å². The molecule has 0 saturated heterocycles. The van der Waals surface area contributed by atoms with Crippen molar-refractivity contribution in [1.82, 2.24) is 5.32 Å². The van der Waals surface area contributed by atoms with Gasteiger partial charge in [-0.1, -0.05) is 0 Å². The van der Waals surface area contributed by atoms with Crippen molar-refractivity contribution in [2.75, 3.05) is 13.3 Å². The van der Waals surface area contributed by atoms with Gasteiger partial charge in [0, 0.05) is 6.04 Å². The topological polar surface area (TPSA) is 30.5 Å². The molecule has 0 bridgehead atoms. The molecule has 74 valence electrons. The van der Waals surface area contributed by atoms with Crippen LogP contribution < -0.4 is 14.8 Å². The van der Waals surface area contributed by atoms with Gasteiger partial charge in [-0.3, -0.25) is 0 Å². The summed E-state index contributed by atoms with van der Waals surface area (Å²) in [6.45, 7) is 3.59.